The van der Waals surface area contributed by atoms with Crippen LogP contribution in [0.25, 0.3) is 76.9 Å². The largest absolute Gasteiger partial charge is 0.454 e. The summed E-state index contributed by atoms with van der Waals surface area (Å²) in [5.74, 6) is 0. The predicted molar refractivity (Wildman–Crippen MR) is 223 cm³/mol. The normalized spacial score (nSPS) is 13.2. The van der Waals surface area contributed by atoms with Gasteiger partial charge in [0.15, 0.2) is 5.58 Å². The van der Waals surface area contributed by atoms with Crippen LogP contribution in [0.4, 0.5) is 17.1 Å². The van der Waals surface area contributed by atoms with Crippen LogP contribution in [-0.2, 0) is 5.41 Å². The Labute approximate surface area is 308 Å². The molecule has 0 aliphatic heterocycles. The van der Waals surface area contributed by atoms with Crippen molar-refractivity contribution >= 4 is 60.5 Å². The first-order valence-corrected chi connectivity index (χ1v) is 18.4. The maximum absolute atomic E-state index is 6.94. The van der Waals surface area contributed by atoms with E-state index in [-0.39, 0.29) is 5.41 Å². The van der Waals surface area contributed by atoms with Crippen molar-refractivity contribution in [1.29, 1.82) is 0 Å². The van der Waals surface area contributed by atoms with E-state index in [4.69, 9.17) is 4.42 Å². The van der Waals surface area contributed by atoms with Crippen molar-refractivity contribution in [3.8, 4) is 33.4 Å². The topological polar surface area (TPSA) is 16.4 Å². The third kappa shape index (κ3) is 4.33. The van der Waals surface area contributed by atoms with Crippen molar-refractivity contribution < 1.29 is 4.42 Å². The van der Waals surface area contributed by atoms with Crippen molar-refractivity contribution in [3.63, 3.8) is 0 Å². The van der Waals surface area contributed by atoms with Crippen molar-refractivity contribution in [2.45, 2.75) is 19.3 Å². The standard InChI is InChI=1S/C51H35NO/c1-51(2)43-21-11-19-37(34-15-7-4-8-16-34)47(43)42-28-27-36(31-44(42)51)52(35-25-23-33(24-26-35)32-13-5-3-6-14-32)45-30-29-41-39-18-10-9-17-38(39)40-20-12-22-46-48(40)49(41)50(45)53-46/h3-31H,1-2H3. The lowest BCUT2D eigenvalue weighted by Gasteiger charge is -2.28. The number of fused-ring (bicyclic) bond motifs is 6. The lowest BCUT2D eigenvalue weighted by atomic mass is 9.81. The van der Waals surface area contributed by atoms with Crippen molar-refractivity contribution in [3.05, 3.63) is 187 Å². The van der Waals surface area contributed by atoms with Crippen LogP contribution >= 0.6 is 0 Å². The molecule has 2 heteroatoms. The number of rotatable bonds is 5. The Bertz CT molecular complexity index is 3010. The minimum Gasteiger partial charge on any atom is -0.454 e. The van der Waals surface area contributed by atoms with Crippen LogP contribution in [0.1, 0.15) is 25.0 Å². The molecular formula is C51H35NO. The Balaban J connectivity index is 1.16. The maximum Gasteiger partial charge on any atom is 0.160 e. The molecule has 1 aliphatic rings. The van der Waals surface area contributed by atoms with Gasteiger partial charge in [-0.3, -0.25) is 0 Å². The van der Waals surface area contributed by atoms with Gasteiger partial charge < -0.3 is 9.32 Å². The summed E-state index contributed by atoms with van der Waals surface area (Å²) in [7, 11) is 0. The zero-order chi connectivity index (χ0) is 35.3. The van der Waals surface area contributed by atoms with E-state index in [1.807, 2.05) is 0 Å². The molecule has 0 radical (unpaired) electrons. The highest BCUT2D eigenvalue weighted by atomic mass is 16.3. The predicted octanol–water partition coefficient (Wildman–Crippen LogP) is 14.4. The number of furan rings is 1. The summed E-state index contributed by atoms with van der Waals surface area (Å²) in [4.78, 5) is 2.40. The molecule has 1 heterocycles. The van der Waals surface area contributed by atoms with E-state index >= 15 is 0 Å². The fourth-order valence-electron chi connectivity index (χ4n) is 9.12. The van der Waals surface area contributed by atoms with Gasteiger partial charge >= 0.3 is 0 Å². The Kier molecular flexibility index (Phi) is 6.33. The van der Waals surface area contributed by atoms with E-state index in [9.17, 15) is 0 Å². The Hall–Kier alpha value is -6.64. The molecule has 10 aromatic rings. The molecule has 0 bridgehead atoms. The first-order valence-electron chi connectivity index (χ1n) is 18.4. The van der Waals surface area contributed by atoms with Crippen molar-refractivity contribution in [2.75, 3.05) is 4.90 Å². The number of benzene rings is 9. The molecular weight excluding hydrogens is 643 g/mol. The minimum atomic E-state index is -0.188. The van der Waals surface area contributed by atoms with Gasteiger partial charge in [-0.05, 0) is 102 Å². The molecule has 9 aromatic carbocycles. The fraction of sp³-hybridized carbons (Fsp3) is 0.0588. The number of hydrogen-bond donors (Lipinski definition) is 0. The summed E-state index contributed by atoms with van der Waals surface area (Å²) in [6.07, 6.45) is 0. The van der Waals surface area contributed by atoms with E-state index in [1.54, 1.807) is 0 Å². The van der Waals surface area contributed by atoms with Gasteiger partial charge in [0.2, 0.25) is 0 Å². The van der Waals surface area contributed by atoms with Crippen LogP contribution in [-0.4, -0.2) is 0 Å². The highest BCUT2D eigenvalue weighted by Crippen LogP contribution is 2.54. The first-order chi connectivity index (χ1) is 26.1. The van der Waals surface area contributed by atoms with Gasteiger partial charge in [-0.25, -0.2) is 0 Å². The summed E-state index contributed by atoms with van der Waals surface area (Å²) in [5, 5.41) is 7.32. The average molecular weight is 678 g/mol. The third-order valence-electron chi connectivity index (χ3n) is 11.6. The third-order valence-corrected chi connectivity index (χ3v) is 11.6. The second-order valence-corrected chi connectivity index (χ2v) is 14.9. The smallest absolute Gasteiger partial charge is 0.160 e. The highest BCUT2D eigenvalue weighted by molar-refractivity contribution is 6.34. The lowest BCUT2D eigenvalue weighted by Crippen LogP contribution is -2.16. The van der Waals surface area contributed by atoms with Gasteiger partial charge in [-0.2, -0.15) is 0 Å². The highest BCUT2D eigenvalue weighted by Gasteiger charge is 2.37. The van der Waals surface area contributed by atoms with E-state index in [0.717, 1.165) is 28.2 Å². The van der Waals surface area contributed by atoms with E-state index < -0.39 is 0 Å². The van der Waals surface area contributed by atoms with Gasteiger partial charge in [0.25, 0.3) is 0 Å². The minimum absolute atomic E-state index is 0.188. The molecule has 250 valence electrons. The quantitative estimate of drug-likeness (QED) is 0.169. The number of nitrogens with zero attached hydrogens (tertiary/aromatic N) is 1. The van der Waals surface area contributed by atoms with Crippen LogP contribution in [0.15, 0.2) is 180 Å². The van der Waals surface area contributed by atoms with Crippen LogP contribution in [0, 0.1) is 0 Å². The average Bonchev–Trinajstić information content (AvgIpc) is 3.72. The van der Waals surface area contributed by atoms with E-state index in [2.05, 4.69) is 195 Å². The Morgan fingerprint density at radius 1 is 0.434 bits per heavy atom. The van der Waals surface area contributed by atoms with Gasteiger partial charge in [0.1, 0.15) is 5.58 Å². The molecule has 0 spiro atoms. The summed E-state index contributed by atoms with van der Waals surface area (Å²) >= 11 is 0. The number of hydrogen-bond acceptors (Lipinski definition) is 2. The van der Waals surface area contributed by atoms with Crippen LogP contribution in [0.3, 0.4) is 0 Å². The van der Waals surface area contributed by atoms with E-state index in [1.165, 1.54) is 76.8 Å². The fourth-order valence-corrected chi connectivity index (χ4v) is 9.12. The lowest BCUT2D eigenvalue weighted by molar-refractivity contribution is 0.660. The van der Waals surface area contributed by atoms with Crippen LogP contribution in [0.2, 0.25) is 0 Å². The Morgan fingerprint density at radius 3 is 1.81 bits per heavy atom. The zero-order valence-electron chi connectivity index (χ0n) is 29.6. The second-order valence-electron chi connectivity index (χ2n) is 14.9. The SMILES string of the molecule is CC1(C)c2cc(N(c3ccc(-c4ccccc4)cc3)c3ccc4c5ccccc5c5cccc6oc3c4c65)ccc2-c2c(-c3ccccc3)cccc21. The monoisotopic (exact) mass is 677 g/mol. The van der Waals surface area contributed by atoms with Crippen LogP contribution < -0.4 is 4.90 Å². The second kappa shape index (κ2) is 11.2. The van der Waals surface area contributed by atoms with Gasteiger partial charge in [-0.1, -0.05) is 153 Å². The molecule has 0 unspecified atom stereocenters. The summed E-state index contributed by atoms with van der Waals surface area (Å²) < 4.78 is 6.94. The van der Waals surface area contributed by atoms with Gasteiger partial charge in [0, 0.05) is 27.6 Å². The Morgan fingerprint density at radius 2 is 1.06 bits per heavy atom. The summed E-state index contributed by atoms with van der Waals surface area (Å²) in [6, 6.07) is 64.0. The molecule has 0 saturated heterocycles. The summed E-state index contributed by atoms with van der Waals surface area (Å²) in [5.41, 5.74) is 15.1. The van der Waals surface area contributed by atoms with Gasteiger partial charge in [-0.15, -0.1) is 0 Å². The van der Waals surface area contributed by atoms with Crippen LogP contribution in [0.5, 0.6) is 0 Å². The summed E-state index contributed by atoms with van der Waals surface area (Å²) in [6.45, 7) is 4.73. The molecule has 1 aromatic heterocycles. The van der Waals surface area contributed by atoms with Gasteiger partial charge in [0.05, 0.1) is 5.69 Å². The first kappa shape index (κ1) is 30.0. The molecule has 0 fully saturated rings. The molecule has 53 heavy (non-hydrogen) atoms. The molecule has 0 amide bonds. The number of anilines is 3. The van der Waals surface area contributed by atoms with Crippen molar-refractivity contribution in [1.82, 2.24) is 0 Å². The molecule has 2 nitrogen and oxygen atoms in total. The molecule has 0 N–H and O–H groups in total. The molecule has 11 rings (SSSR count). The molecule has 1 aliphatic carbocycles. The zero-order valence-corrected chi connectivity index (χ0v) is 29.6. The molecule has 0 atom stereocenters. The van der Waals surface area contributed by atoms with E-state index in [0.29, 0.717) is 0 Å². The van der Waals surface area contributed by atoms with Crippen molar-refractivity contribution in [2.24, 2.45) is 0 Å². The maximum atomic E-state index is 6.94. The molecule has 0 saturated carbocycles.